The second kappa shape index (κ2) is 9.23. The van der Waals surface area contributed by atoms with Gasteiger partial charge < -0.3 is 29.1 Å². The minimum absolute atomic E-state index is 0. The Hall–Kier alpha value is 1.02. The monoisotopic (exact) mass is 600 g/mol. The van der Waals surface area contributed by atoms with Crippen molar-refractivity contribution >= 4 is 11.4 Å². The summed E-state index contributed by atoms with van der Waals surface area (Å²) in [5.74, 6) is 0. The zero-order valence-electron chi connectivity index (χ0n) is 12.7. The van der Waals surface area contributed by atoms with Crippen molar-refractivity contribution in [3.05, 3.63) is 29.8 Å². The van der Waals surface area contributed by atoms with Gasteiger partial charge in [-0.1, -0.05) is 18.2 Å². The van der Waals surface area contributed by atoms with Crippen LogP contribution in [0.4, 0.5) is 5.69 Å². The normalized spacial score (nSPS) is 15.4. The summed E-state index contributed by atoms with van der Waals surface area (Å²) < 4.78 is 2.45. The second-order valence-electron chi connectivity index (χ2n) is 5.66. The van der Waals surface area contributed by atoms with E-state index in [2.05, 4.69) is 49.6 Å². The third-order valence-corrected chi connectivity index (χ3v) is 4.22. The fraction of sp³-hybridized carbons (Fsp3) is 0.562. The van der Waals surface area contributed by atoms with E-state index in [1.807, 2.05) is 0 Å². The predicted octanol–water partition coefficient (Wildman–Crippen LogP) is 0.249. The number of unbranched alkanes of at least 4 members (excludes halogenated alkanes) is 2. The molecule has 109 valence electrons. The predicted molar refractivity (Wildman–Crippen MR) is 75.9 cm³/mol. The Balaban J connectivity index is 0.00000180. The number of hydrogen-bond donors (Lipinski definition) is 1. The van der Waals surface area contributed by atoms with Crippen LogP contribution in [-0.4, -0.2) is 28.5 Å². The number of benzene rings is 1. The Labute approximate surface area is 175 Å². The number of fused-ring (bicyclic) bond motifs is 1. The molecule has 2 rings (SSSR count). The quantitative estimate of drug-likeness (QED) is 0.293. The van der Waals surface area contributed by atoms with Gasteiger partial charge in [0.1, 0.15) is 6.54 Å². The molecule has 0 aliphatic carbocycles. The number of aliphatic hydroxyl groups excluding tert-OH is 1. The van der Waals surface area contributed by atoms with Crippen molar-refractivity contribution in [2.75, 3.05) is 13.2 Å². The number of aliphatic hydroxyl groups is 1. The Morgan fingerprint density at radius 3 is 2.40 bits per heavy atom. The van der Waals surface area contributed by atoms with Gasteiger partial charge in [0.2, 0.25) is 5.69 Å². The number of rotatable bonds is 5. The standard InChI is InChI=1S/C16H24NO.Ac.HI/c1-13-16(2,3)14-9-5-6-10-15(14)17(13)11-7-4-8-12-18;;/h5-6,9-10,18H,4,7-8,11-12H2,1-3H3;;1H/q+1;;/p-1. The summed E-state index contributed by atoms with van der Waals surface area (Å²) in [5.41, 5.74) is 4.38. The van der Waals surface area contributed by atoms with Gasteiger partial charge in [0.15, 0.2) is 5.71 Å². The largest absolute Gasteiger partial charge is 1.00 e. The third-order valence-electron chi connectivity index (χ3n) is 4.22. The van der Waals surface area contributed by atoms with Crippen LogP contribution in [0, 0.1) is 44.1 Å². The molecule has 0 spiro atoms. The van der Waals surface area contributed by atoms with Gasteiger partial charge in [-0.25, -0.2) is 0 Å². The number of nitrogens with zero attached hydrogens (tertiary/aromatic N) is 1. The Morgan fingerprint density at radius 1 is 1.10 bits per heavy atom. The SMILES string of the molecule is CC1=[N+](CCCCCO)c2ccccc2C1(C)C.[Ac].[I-]. The van der Waals surface area contributed by atoms with Crippen LogP contribution in [0.25, 0.3) is 0 Å². The zero-order valence-corrected chi connectivity index (χ0v) is 19.6. The van der Waals surface area contributed by atoms with E-state index in [9.17, 15) is 0 Å². The molecule has 0 atom stereocenters. The second-order valence-corrected chi connectivity index (χ2v) is 5.66. The van der Waals surface area contributed by atoms with Crippen molar-refractivity contribution in [3.8, 4) is 0 Å². The van der Waals surface area contributed by atoms with Crippen molar-refractivity contribution in [2.24, 2.45) is 0 Å². The van der Waals surface area contributed by atoms with Crippen LogP contribution in [0.3, 0.4) is 0 Å². The molecular weight excluding hydrogens is 576 g/mol. The maximum atomic E-state index is 8.83. The molecule has 1 aromatic carbocycles. The first-order valence-corrected chi connectivity index (χ1v) is 6.91. The molecule has 2 nitrogen and oxygen atoms in total. The van der Waals surface area contributed by atoms with Gasteiger partial charge in [0.05, 0.1) is 5.41 Å². The van der Waals surface area contributed by atoms with Crippen LogP contribution in [-0.2, 0) is 5.41 Å². The van der Waals surface area contributed by atoms with E-state index in [0.717, 1.165) is 25.8 Å². The summed E-state index contributed by atoms with van der Waals surface area (Å²) in [5, 5.41) is 8.83. The Morgan fingerprint density at radius 2 is 1.75 bits per heavy atom. The molecule has 1 radical (unpaired) electrons. The molecule has 0 fully saturated rings. The molecule has 0 aromatic heterocycles. The topological polar surface area (TPSA) is 23.2 Å². The van der Waals surface area contributed by atoms with Gasteiger partial charge in [-0.15, -0.1) is 0 Å². The molecule has 20 heavy (non-hydrogen) atoms. The minimum Gasteiger partial charge on any atom is -1.00 e. The molecule has 1 heterocycles. The van der Waals surface area contributed by atoms with E-state index >= 15 is 0 Å². The van der Waals surface area contributed by atoms with Gasteiger partial charge in [-0.2, -0.15) is 4.58 Å². The van der Waals surface area contributed by atoms with Gasteiger partial charge in [-0.05, 0) is 26.7 Å². The van der Waals surface area contributed by atoms with Crippen LogP contribution in [0.15, 0.2) is 24.3 Å². The molecule has 0 saturated carbocycles. The molecule has 0 amide bonds. The number of halogens is 1. The fourth-order valence-corrected chi connectivity index (χ4v) is 2.80. The van der Waals surface area contributed by atoms with E-state index < -0.39 is 0 Å². The molecule has 0 saturated heterocycles. The molecule has 0 unspecified atom stereocenters. The molecule has 1 N–H and O–H groups in total. The van der Waals surface area contributed by atoms with Crippen LogP contribution in [0.5, 0.6) is 0 Å². The third kappa shape index (κ3) is 4.27. The summed E-state index contributed by atoms with van der Waals surface area (Å²) in [4.78, 5) is 0. The maximum absolute atomic E-state index is 8.83. The van der Waals surface area contributed by atoms with E-state index in [4.69, 9.17) is 5.11 Å². The van der Waals surface area contributed by atoms with Gasteiger partial charge >= 0.3 is 0 Å². The van der Waals surface area contributed by atoms with Crippen LogP contribution >= 0.6 is 0 Å². The summed E-state index contributed by atoms with van der Waals surface area (Å²) in [7, 11) is 0. The van der Waals surface area contributed by atoms with Crippen molar-refractivity contribution in [2.45, 2.75) is 45.4 Å². The van der Waals surface area contributed by atoms with Crippen molar-refractivity contribution in [1.29, 1.82) is 0 Å². The van der Waals surface area contributed by atoms with Crippen molar-refractivity contribution in [3.63, 3.8) is 0 Å². The molecular formula is C16H24AcINO. The summed E-state index contributed by atoms with van der Waals surface area (Å²) >= 11 is 0. The molecule has 1 aliphatic rings. The molecule has 1 aromatic rings. The average Bonchev–Trinajstić information content (AvgIpc) is 2.56. The number of para-hydroxylation sites is 1. The first kappa shape index (κ1) is 21.0. The van der Waals surface area contributed by atoms with Crippen LogP contribution < -0.4 is 24.0 Å². The molecule has 0 bridgehead atoms. The summed E-state index contributed by atoms with van der Waals surface area (Å²) in [6.45, 7) is 8.22. The van der Waals surface area contributed by atoms with Gasteiger partial charge in [-0.3, -0.25) is 0 Å². The van der Waals surface area contributed by atoms with Gasteiger partial charge in [0.25, 0.3) is 0 Å². The Bertz CT molecular complexity index is 471. The zero-order chi connectivity index (χ0) is 13.2. The van der Waals surface area contributed by atoms with Gasteiger partial charge in [0, 0.05) is 75.6 Å². The van der Waals surface area contributed by atoms with Crippen LogP contribution in [0.1, 0.15) is 45.6 Å². The number of hydrogen-bond acceptors (Lipinski definition) is 1. The molecule has 1 aliphatic heterocycles. The van der Waals surface area contributed by atoms with Crippen molar-refractivity contribution < 1.29 is 77.7 Å². The fourth-order valence-electron chi connectivity index (χ4n) is 2.80. The van der Waals surface area contributed by atoms with Crippen LogP contribution in [0.2, 0.25) is 0 Å². The van der Waals surface area contributed by atoms with E-state index in [1.165, 1.54) is 17.0 Å². The summed E-state index contributed by atoms with van der Waals surface area (Å²) in [6, 6.07) is 8.71. The Kier molecular flexibility index (Phi) is 9.70. The smallest absolute Gasteiger partial charge is 0.209 e. The average molecular weight is 600 g/mol. The summed E-state index contributed by atoms with van der Waals surface area (Å²) in [6.07, 6.45) is 3.16. The van der Waals surface area contributed by atoms with E-state index in [-0.39, 0.29) is 73.5 Å². The van der Waals surface area contributed by atoms with E-state index in [1.54, 1.807) is 0 Å². The minimum atomic E-state index is 0. The first-order chi connectivity index (χ1) is 8.59. The first-order valence-electron chi connectivity index (χ1n) is 6.91. The molecule has 4 heteroatoms. The van der Waals surface area contributed by atoms with Crippen molar-refractivity contribution in [1.82, 2.24) is 0 Å². The maximum Gasteiger partial charge on any atom is 0.209 e. The van der Waals surface area contributed by atoms with E-state index in [0.29, 0.717) is 6.61 Å².